The molecule has 0 radical (unpaired) electrons. The molecular formula is C22H18ClF3N2O3S. The summed E-state index contributed by atoms with van der Waals surface area (Å²) in [6, 6.07) is 19.5. The summed E-state index contributed by atoms with van der Waals surface area (Å²) in [5, 5.41) is 2.24. The second-order valence-electron chi connectivity index (χ2n) is 6.84. The Kier molecular flexibility index (Phi) is 7.22. The molecule has 168 valence electrons. The fraction of sp³-hybridized carbons (Fsp3) is 0.136. The first-order valence-corrected chi connectivity index (χ1v) is 11.2. The summed E-state index contributed by atoms with van der Waals surface area (Å²) in [6.07, 6.45) is -4.54. The highest BCUT2D eigenvalue weighted by Gasteiger charge is 2.28. The molecule has 0 heterocycles. The number of halogens is 4. The number of carbonyl (C=O) groups is 1. The van der Waals surface area contributed by atoms with Crippen LogP contribution in [0.1, 0.15) is 27.5 Å². The maximum atomic E-state index is 13.0. The van der Waals surface area contributed by atoms with Crippen LogP contribution < -0.4 is 10.0 Å². The molecule has 2 N–H and O–H groups in total. The third-order valence-electron chi connectivity index (χ3n) is 4.49. The topological polar surface area (TPSA) is 75.3 Å². The van der Waals surface area contributed by atoms with Crippen LogP contribution in [0.2, 0.25) is 5.02 Å². The Morgan fingerprint density at radius 3 is 2.00 bits per heavy atom. The molecule has 0 unspecified atom stereocenters. The van der Waals surface area contributed by atoms with E-state index in [4.69, 9.17) is 11.6 Å². The lowest BCUT2D eigenvalue weighted by Crippen LogP contribution is -2.33. The third-order valence-corrected chi connectivity index (χ3v) is 6.18. The summed E-state index contributed by atoms with van der Waals surface area (Å²) in [5.74, 6) is -0.956. The predicted octanol–water partition coefficient (Wildman–Crippen LogP) is 4.70. The van der Waals surface area contributed by atoms with Crippen LogP contribution in [0.3, 0.4) is 0 Å². The number of amides is 1. The van der Waals surface area contributed by atoms with Crippen molar-refractivity contribution in [1.29, 1.82) is 0 Å². The normalized spacial score (nSPS) is 12.9. The van der Waals surface area contributed by atoms with E-state index in [1.165, 1.54) is 0 Å². The van der Waals surface area contributed by atoms with Crippen LogP contribution in [0, 0.1) is 0 Å². The lowest BCUT2D eigenvalue weighted by molar-refractivity contribution is -0.123. The second-order valence-corrected chi connectivity index (χ2v) is 8.99. The van der Waals surface area contributed by atoms with E-state index in [1.54, 1.807) is 59.9 Å². The van der Waals surface area contributed by atoms with Gasteiger partial charge in [0.1, 0.15) is 6.54 Å². The SMILES string of the molecule is O=C(NCC(F)(F)F)c1ccc(S(=O)(=O)N[C@H](c2ccccc2)c2ccc(Cl)cc2)cc1. The Labute approximate surface area is 188 Å². The first kappa shape index (κ1) is 23.8. The molecule has 0 aliphatic rings. The van der Waals surface area contributed by atoms with E-state index in [0.717, 1.165) is 24.3 Å². The number of carbonyl (C=O) groups excluding carboxylic acids is 1. The van der Waals surface area contributed by atoms with Crippen LogP contribution in [0.4, 0.5) is 13.2 Å². The van der Waals surface area contributed by atoms with Gasteiger partial charge in [-0.3, -0.25) is 4.79 Å². The fourth-order valence-electron chi connectivity index (χ4n) is 2.92. The number of rotatable bonds is 7. The molecule has 3 rings (SSSR count). The van der Waals surface area contributed by atoms with Crippen molar-refractivity contribution in [1.82, 2.24) is 10.0 Å². The van der Waals surface area contributed by atoms with Crippen molar-refractivity contribution >= 4 is 27.5 Å². The molecule has 3 aromatic rings. The van der Waals surface area contributed by atoms with E-state index in [-0.39, 0.29) is 10.5 Å². The first-order chi connectivity index (χ1) is 15.0. The molecule has 0 saturated carbocycles. The summed E-state index contributed by atoms with van der Waals surface area (Å²) in [7, 11) is -4.04. The number of alkyl halides is 3. The molecule has 0 aromatic heterocycles. The molecule has 1 atom stereocenters. The summed E-state index contributed by atoms with van der Waals surface area (Å²) in [4.78, 5) is 11.7. The molecule has 0 saturated heterocycles. The van der Waals surface area contributed by atoms with Crippen molar-refractivity contribution in [2.75, 3.05) is 6.54 Å². The number of benzene rings is 3. The maximum absolute atomic E-state index is 13.0. The average molecular weight is 483 g/mol. The summed E-state index contributed by atoms with van der Waals surface area (Å²) >= 11 is 5.95. The molecule has 10 heteroatoms. The highest BCUT2D eigenvalue weighted by atomic mass is 35.5. The van der Waals surface area contributed by atoms with Crippen LogP contribution >= 0.6 is 11.6 Å². The Bertz CT molecular complexity index is 1170. The minimum atomic E-state index is -4.54. The number of sulfonamides is 1. The largest absolute Gasteiger partial charge is 0.405 e. The van der Waals surface area contributed by atoms with Gasteiger partial charge < -0.3 is 5.32 Å². The van der Waals surface area contributed by atoms with Crippen LogP contribution in [0.25, 0.3) is 0 Å². The quantitative estimate of drug-likeness (QED) is 0.512. The molecule has 0 bridgehead atoms. The van der Waals surface area contributed by atoms with Gasteiger partial charge in [0, 0.05) is 10.6 Å². The van der Waals surface area contributed by atoms with Crippen LogP contribution in [-0.4, -0.2) is 27.0 Å². The summed E-state index contributed by atoms with van der Waals surface area (Å²) < 4.78 is 65.4. The fourth-order valence-corrected chi connectivity index (χ4v) is 4.26. The molecule has 0 aliphatic heterocycles. The van der Waals surface area contributed by atoms with Gasteiger partial charge in [-0.15, -0.1) is 0 Å². The number of nitrogens with one attached hydrogen (secondary N) is 2. The summed E-state index contributed by atoms with van der Waals surface area (Å²) in [6.45, 7) is -1.48. The zero-order valence-corrected chi connectivity index (χ0v) is 18.0. The Hall–Kier alpha value is -2.88. The van der Waals surface area contributed by atoms with Gasteiger partial charge in [-0.1, -0.05) is 54.1 Å². The van der Waals surface area contributed by atoms with Crippen molar-refractivity contribution in [3.8, 4) is 0 Å². The maximum Gasteiger partial charge on any atom is 0.405 e. The van der Waals surface area contributed by atoms with Gasteiger partial charge in [-0.2, -0.15) is 17.9 Å². The Balaban J connectivity index is 1.84. The van der Waals surface area contributed by atoms with Gasteiger partial charge in [0.25, 0.3) is 5.91 Å². The second kappa shape index (κ2) is 9.72. The standard InChI is InChI=1S/C22H18ClF3N2O3S/c23-18-10-6-16(7-11-18)20(15-4-2-1-3-5-15)28-32(30,31)19-12-8-17(9-13-19)21(29)27-14-22(24,25)26/h1-13,20,28H,14H2,(H,27,29)/t20-/m1/s1. The predicted molar refractivity (Wildman–Crippen MR) is 115 cm³/mol. The first-order valence-electron chi connectivity index (χ1n) is 9.33. The van der Waals surface area contributed by atoms with Crippen molar-refractivity contribution in [2.24, 2.45) is 0 Å². The molecule has 5 nitrogen and oxygen atoms in total. The molecule has 0 spiro atoms. The Morgan fingerprint density at radius 1 is 0.875 bits per heavy atom. The lowest BCUT2D eigenvalue weighted by Gasteiger charge is -2.20. The van der Waals surface area contributed by atoms with Crippen molar-refractivity contribution < 1.29 is 26.4 Å². The minimum absolute atomic E-state index is 0.0921. The molecule has 0 fully saturated rings. The van der Waals surface area contributed by atoms with Crippen LogP contribution in [0.5, 0.6) is 0 Å². The van der Waals surface area contributed by atoms with E-state index in [9.17, 15) is 26.4 Å². The van der Waals surface area contributed by atoms with Gasteiger partial charge >= 0.3 is 6.18 Å². The summed E-state index contributed by atoms with van der Waals surface area (Å²) in [5.41, 5.74) is 1.26. The Morgan fingerprint density at radius 2 is 1.44 bits per heavy atom. The van der Waals surface area contributed by atoms with Gasteiger partial charge in [-0.25, -0.2) is 8.42 Å². The van der Waals surface area contributed by atoms with E-state index < -0.39 is 34.7 Å². The van der Waals surface area contributed by atoms with E-state index >= 15 is 0 Å². The van der Waals surface area contributed by atoms with Crippen molar-refractivity contribution in [3.63, 3.8) is 0 Å². The molecule has 3 aromatic carbocycles. The lowest BCUT2D eigenvalue weighted by atomic mass is 10.00. The van der Waals surface area contributed by atoms with E-state index in [1.807, 2.05) is 0 Å². The van der Waals surface area contributed by atoms with Gasteiger partial charge in [0.15, 0.2) is 0 Å². The number of hydrogen-bond donors (Lipinski definition) is 2. The van der Waals surface area contributed by atoms with Crippen molar-refractivity contribution in [3.05, 3.63) is 101 Å². The molecular weight excluding hydrogens is 465 g/mol. The van der Waals surface area contributed by atoms with E-state index in [2.05, 4.69) is 4.72 Å². The highest BCUT2D eigenvalue weighted by molar-refractivity contribution is 7.89. The average Bonchev–Trinajstić information content (AvgIpc) is 2.77. The number of hydrogen-bond acceptors (Lipinski definition) is 3. The zero-order valence-electron chi connectivity index (χ0n) is 16.4. The van der Waals surface area contributed by atoms with Gasteiger partial charge in [0.2, 0.25) is 10.0 Å². The monoisotopic (exact) mass is 482 g/mol. The van der Waals surface area contributed by atoms with E-state index in [0.29, 0.717) is 16.1 Å². The van der Waals surface area contributed by atoms with Crippen LogP contribution in [-0.2, 0) is 10.0 Å². The highest BCUT2D eigenvalue weighted by Crippen LogP contribution is 2.26. The zero-order chi connectivity index (χ0) is 23.4. The molecule has 32 heavy (non-hydrogen) atoms. The van der Waals surface area contributed by atoms with Crippen LogP contribution in [0.15, 0.2) is 83.8 Å². The van der Waals surface area contributed by atoms with Gasteiger partial charge in [0.05, 0.1) is 10.9 Å². The molecule has 0 aliphatic carbocycles. The van der Waals surface area contributed by atoms with Gasteiger partial charge in [-0.05, 0) is 47.5 Å². The third kappa shape index (κ3) is 6.32. The van der Waals surface area contributed by atoms with Crippen molar-refractivity contribution in [2.45, 2.75) is 17.1 Å². The molecule has 1 amide bonds. The smallest absolute Gasteiger partial charge is 0.343 e. The minimum Gasteiger partial charge on any atom is -0.343 e.